The maximum absolute atomic E-state index is 11.7. The smallest absolute Gasteiger partial charge is 0.326 e. The SMILES string of the molecule is CC(C)C(NC(=O)C1CNCCO1)C(=O)O. The van der Waals surface area contributed by atoms with Gasteiger partial charge in [0.15, 0.2) is 0 Å². The average molecular weight is 230 g/mol. The molecule has 0 bridgehead atoms. The third kappa shape index (κ3) is 3.46. The van der Waals surface area contributed by atoms with Crippen LogP contribution in [0.2, 0.25) is 0 Å². The number of carboxylic acids is 1. The summed E-state index contributed by atoms with van der Waals surface area (Å²) in [4.78, 5) is 22.6. The lowest BCUT2D eigenvalue weighted by Gasteiger charge is -2.25. The summed E-state index contributed by atoms with van der Waals surface area (Å²) in [7, 11) is 0. The van der Waals surface area contributed by atoms with Crippen molar-refractivity contribution in [1.29, 1.82) is 0 Å². The second-order valence-electron chi connectivity index (χ2n) is 4.13. The standard InChI is InChI=1S/C10H18N2O4/c1-6(2)8(10(14)15)12-9(13)7-5-11-3-4-16-7/h6-8,11H,3-5H2,1-2H3,(H,12,13)(H,14,15). The van der Waals surface area contributed by atoms with Crippen LogP contribution in [0.5, 0.6) is 0 Å². The summed E-state index contributed by atoms with van der Waals surface area (Å²) in [5.41, 5.74) is 0. The number of morpholine rings is 1. The van der Waals surface area contributed by atoms with E-state index < -0.39 is 18.1 Å². The first-order chi connectivity index (χ1) is 7.52. The molecule has 1 aliphatic rings. The largest absolute Gasteiger partial charge is 0.480 e. The Morgan fingerprint density at radius 2 is 2.19 bits per heavy atom. The second-order valence-corrected chi connectivity index (χ2v) is 4.13. The topological polar surface area (TPSA) is 87.7 Å². The van der Waals surface area contributed by atoms with Gasteiger partial charge in [-0.1, -0.05) is 13.8 Å². The molecule has 1 amide bonds. The highest BCUT2D eigenvalue weighted by Crippen LogP contribution is 2.04. The predicted molar refractivity (Wildman–Crippen MR) is 57.0 cm³/mol. The van der Waals surface area contributed by atoms with E-state index in [9.17, 15) is 9.59 Å². The molecule has 92 valence electrons. The third-order valence-corrected chi connectivity index (χ3v) is 2.45. The molecule has 0 saturated carbocycles. The van der Waals surface area contributed by atoms with Crippen LogP contribution in [-0.2, 0) is 14.3 Å². The molecule has 0 aromatic carbocycles. The Kier molecular flexibility index (Phi) is 4.70. The number of carboxylic acid groups (broad SMARTS) is 1. The number of amides is 1. The number of ether oxygens (including phenoxy) is 1. The van der Waals surface area contributed by atoms with Crippen LogP contribution in [0.25, 0.3) is 0 Å². The van der Waals surface area contributed by atoms with E-state index in [1.807, 2.05) is 0 Å². The summed E-state index contributed by atoms with van der Waals surface area (Å²) in [6.07, 6.45) is -0.589. The second kappa shape index (κ2) is 5.81. The molecule has 0 spiro atoms. The van der Waals surface area contributed by atoms with Crippen LogP contribution in [0, 0.1) is 5.92 Å². The summed E-state index contributed by atoms with van der Waals surface area (Å²) in [5.74, 6) is -1.54. The molecule has 6 nitrogen and oxygen atoms in total. The highest BCUT2D eigenvalue weighted by molar-refractivity contribution is 5.86. The molecule has 2 atom stereocenters. The molecule has 0 aromatic heterocycles. The maximum Gasteiger partial charge on any atom is 0.326 e. The Bertz CT molecular complexity index is 262. The number of carbonyl (C=O) groups excluding carboxylic acids is 1. The van der Waals surface area contributed by atoms with Crippen molar-refractivity contribution in [3.63, 3.8) is 0 Å². The van der Waals surface area contributed by atoms with Crippen LogP contribution >= 0.6 is 0 Å². The van der Waals surface area contributed by atoms with Crippen LogP contribution in [-0.4, -0.2) is 48.8 Å². The fourth-order valence-electron chi connectivity index (χ4n) is 1.49. The highest BCUT2D eigenvalue weighted by Gasteiger charge is 2.28. The van der Waals surface area contributed by atoms with Crippen LogP contribution in [0.15, 0.2) is 0 Å². The summed E-state index contributed by atoms with van der Waals surface area (Å²) < 4.78 is 5.23. The Labute approximate surface area is 94.3 Å². The van der Waals surface area contributed by atoms with Crippen LogP contribution in [0.4, 0.5) is 0 Å². The molecule has 3 N–H and O–H groups in total. The molecule has 1 saturated heterocycles. The van der Waals surface area contributed by atoms with E-state index in [4.69, 9.17) is 9.84 Å². The first kappa shape index (κ1) is 12.9. The fourth-order valence-corrected chi connectivity index (χ4v) is 1.49. The molecular formula is C10H18N2O4. The van der Waals surface area contributed by atoms with Crippen molar-refractivity contribution < 1.29 is 19.4 Å². The van der Waals surface area contributed by atoms with Gasteiger partial charge in [-0.2, -0.15) is 0 Å². The van der Waals surface area contributed by atoms with Gasteiger partial charge in [-0.05, 0) is 5.92 Å². The van der Waals surface area contributed by atoms with E-state index in [1.165, 1.54) is 0 Å². The Balaban J connectivity index is 2.50. The van der Waals surface area contributed by atoms with Crippen molar-refractivity contribution in [2.24, 2.45) is 5.92 Å². The molecule has 16 heavy (non-hydrogen) atoms. The minimum atomic E-state index is -1.02. The molecule has 0 radical (unpaired) electrons. The van der Waals surface area contributed by atoms with Gasteiger partial charge in [0.1, 0.15) is 12.1 Å². The van der Waals surface area contributed by atoms with E-state index in [1.54, 1.807) is 13.8 Å². The number of aliphatic carboxylic acids is 1. The highest BCUT2D eigenvalue weighted by atomic mass is 16.5. The van der Waals surface area contributed by atoms with Gasteiger partial charge in [0, 0.05) is 13.1 Å². The number of nitrogens with one attached hydrogen (secondary N) is 2. The zero-order valence-electron chi connectivity index (χ0n) is 9.53. The summed E-state index contributed by atoms with van der Waals surface area (Å²) in [5, 5.41) is 14.4. The summed E-state index contributed by atoms with van der Waals surface area (Å²) in [6.45, 7) is 5.11. The van der Waals surface area contributed by atoms with E-state index >= 15 is 0 Å². The molecule has 0 aromatic rings. The molecule has 2 unspecified atom stereocenters. The Morgan fingerprint density at radius 1 is 1.50 bits per heavy atom. The van der Waals surface area contributed by atoms with Crippen LogP contribution in [0.1, 0.15) is 13.8 Å². The minimum Gasteiger partial charge on any atom is -0.480 e. The first-order valence-electron chi connectivity index (χ1n) is 5.38. The predicted octanol–water partition coefficient (Wildman–Crippen LogP) is -0.800. The fraction of sp³-hybridized carbons (Fsp3) is 0.800. The van der Waals surface area contributed by atoms with Crippen molar-refractivity contribution in [1.82, 2.24) is 10.6 Å². The van der Waals surface area contributed by atoms with Crippen molar-refractivity contribution in [2.45, 2.75) is 26.0 Å². The normalized spacial score (nSPS) is 22.8. The number of hydrogen-bond acceptors (Lipinski definition) is 4. The first-order valence-corrected chi connectivity index (χ1v) is 5.38. The minimum absolute atomic E-state index is 0.155. The van der Waals surface area contributed by atoms with Crippen molar-refractivity contribution in [2.75, 3.05) is 19.7 Å². The van der Waals surface area contributed by atoms with Crippen molar-refractivity contribution >= 4 is 11.9 Å². The van der Waals surface area contributed by atoms with Gasteiger partial charge in [-0.25, -0.2) is 4.79 Å². The van der Waals surface area contributed by atoms with Gasteiger partial charge >= 0.3 is 5.97 Å². The zero-order valence-corrected chi connectivity index (χ0v) is 9.53. The van der Waals surface area contributed by atoms with E-state index in [0.717, 1.165) is 6.54 Å². The van der Waals surface area contributed by atoms with Gasteiger partial charge in [-0.3, -0.25) is 4.79 Å². The Morgan fingerprint density at radius 3 is 2.62 bits per heavy atom. The molecule has 1 fully saturated rings. The van der Waals surface area contributed by atoms with E-state index in [0.29, 0.717) is 13.2 Å². The van der Waals surface area contributed by atoms with Gasteiger partial charge < -0.3 is 20.5 Å². The maximum atomic E-state index is 11.7. The average Bonchev–Trinajstić information content (AvgIpc) is 2.25. The number of hydrogen-bond donors (Lipinski definition) is 3. The van der Waals surface area contributed by atoms with Crippen LogP contribution in [0.3, 0.4) is 0 Å². The Hall–Kier alpha value is -1.14. The molecule has 6 heteroatoms. The summed E-state index contributed by atoms with van der Waals surface area (Å²) in [6, 6.07) is -0.863. The molecular weight excluding hydrogens is 212 g/mol. The zero-order chi connectivity index (χ0) is 12.1. The van der Waals surface area contributed by atoms with Gasteiger partial charge in [0.05, 0.1) is 6.61 Å². The van der Waals surface area contributed by atoms with E-state index in [2.05, 4.69) is 10.6 Å². The van der Waals surface area contributed by atoms with Gasteiger partial charge in [0.2, 0.25) is 0 Å². The van der Waals surface area contributed by atoms with Crippen molar-refractivity contribution in [3.05, 3.63) is 0 Å². The van der Waals surface area contributed by atoms with Gasteiger partial charge in [-0.15, -0.1) is 0 Å². The lowest BCUT2D eigenvalue weighted by molar-refractivity contribution is -0.146. The van der Waals surface area contributed by atoms with Crippen LogP contribution < -0.4 is 10.6 Å². The third-order valence-electron chi connectivity index (χ3n) is 2.45. The van der Waals surface area contributed by atoms with Gasteiger partial charge in [0.25, 0.3) is 5.91 Å². The number of carbonyl (C=O) groups is 2. The quantitative estimate of drug-likeness (QED) is 0.588. The van der Waals surface area contributed by atoms with E-state index in [-0.39, 0.29) is 11.8 Å². The molecule has 1 aliphatic heterocycles. The monoisotopic (exact) mass is 230 g/mol. The van der Waals surface area contributed by atoms with Crippen molar-refractivity contribution in [3.8, 4) is 0 Å². The number of rotatable bonds is 4. The lowest BCUT2D eigenvalue weighted by atomic mass is 10.0. The molecule has 0 aliphatic carbocycles. The molecule has 1 heterocycles. The molecule has 1 rings (SSSR count). The summed E-state index contributed by atoms with van der Waals surface area (Å²) >= 11 is 0. The lowest BCUT2D eigenvalue weighted by Crippen LogP contribution is -2.53.